The minimum atomic E-state index is 0.541. The van der Waals surface area contributed by atoms with Gasteiger partial charge in [0.15, 0.2) is 0 Å². The molecule has 0 spiro atoms. The molecule has 6 heteroatoms. The van der Waals surface area contributed by atoms with Crippen LogP contribution in [0.5, 0.6) is 0 Å². The lowest BCUT2D eigenvalue weighted by molar-refractivity contribution is 0.442. The minimum Gasteiger partial charge on any atom is -0.351 e. The molecule has 0 atom stereocenters. The first-order chi connectivity index (χ1) is 10.2. The van der Waals surface area contributed by atoms with Crippen LogP contribution in [-0.4, -0.2) is 21.7 Å². The molecule has 21 heavy (non-hydrogen) atoms. The van der Waals surface area contributed by atoms with E-state index in [4.69, 9.17) is 16.1 Å². The topological polar surface area (TPSA) is 55.1 Å². The highest BCUT2D eigenvalue weighted by atomic mass is 35.5. The summed E-state index contributed by atoms with van der Waals surface area (Å²) in [5, 5.41) is 5.68. The van der Waals surface area contributed by atoms with Crippen molar-refractivity contribution in [1.29, 1.82) is 0 Å². The van der Waals surface area contributed by atoms with Gasteiger partial charge in [0.05, 0.1) is 5.69 Å². The fourth-order valence-electron chi connectivity index (χ4n) is 2.85. The Morgan fingerprint density at radius 3 is 3.05 bits per heavy atom. The van der Waals surface area contributed by atoms with E-state index >= 15 is 0 Å². The average Bonchev–Trinajstić information content (AvgIpc) is 2.88. The molecule has 5 nitrogen and oxygen atoms in total. The second-order valence-electron chi connectivity index (χ2n) is 5.23. The van der Waals surface area contributed by atoms with Crippen LogP contribution in [0, 0.1) is 6.92 Å². The van der Waals surface area contributed by atoms with E-state index in [0.717, 1.165) is 41.4 Å². The molecule has 2 aromatic heterocycles. The van der Waals surface area contributed by atoms with E-state index in [1.54, 1.807) is 0 Å². The molecule has 3 aromatic rings. The van der Waals surface area contributed by atoms with Gasteiger partial charge in [0, 0.05) is 18.1 Å². The number of hydrogen-bond donors (Lipinski definition) is 0. The molecule has 0 unspecified atom stereocenters. The van der Waals surface area contributed by atoms with Gasteiger partial charge in [-0.2, -0.15) is 4.98 Å². The molecule has 4 rings (SSSR count). The molecule has 0 fully saturated rings. The van der Waals surface area contributed by atoms with Crippen molar-refractivity contribution in [2.75, 3.05) is 11.4 Å². The summed E-state index contributed by atoms with van der Waals surface area (Å²) >= 11 is 6.06. The van der Waals surface area contributed by atoms with Gasteiger partial charge < -0.3 is 9.42 Å². The molecule has 0 bridgehead atoms. The standard InChI is InChI=1S/C15H13ClN4O/c1-9-13-14(17-8-18-15(13)21-19-9)20-5-4-10-6-12(16)3-2-11(10)7-20/h2-3,6,8H,4-5,7H2,1H3. The maximum absolute atomic E-state index is 6.06. The molecule has 0 saturated heterocycles. The second-order valence-corrected chi connectivity index (χ2v) is 5.67. The van der Waals surface area contributed by atoms with Gasteiger partial charge in [-0.1, -0.05) is 22.8 Å². The summed E-state index contributed by atoms with van der Waals surface area (Å²) in [6.07, 6.45) is 2.48. The quantitative estimate of drug-likeness (QED) is 0.691. The van der Waals surface area contributed by atoms with Crippen molar-refractivity contribution in [2.24, 2.45) is 0 Å². The number of benzene rings is 1. The summed E-state index contributed by atoms with van der Waals surface area (Å²) in [6.45, 7) is 3.61. The Labute approximate surface area is 126 Å². The lowest BCUT2D eigenvalue weighted by atomic mass is 10.00. The number of halogens is 1. The fourth-order valence-corrected chi connectivity index (χ4v) is 3.04. The van der Waals surface area contributed by atoms with Gasteiger partial charge >= 0.3 is 0 Å². The predicted molar refractivity (Wildman–Crippen MR) is 80.5 cm³/mol. The molecule has 3 heterocycles. The van der Waals surface area contributed by atoms with Gasteiger partial charge in [-0.3, -0.25) is 0 Å². The van der Waals surface area contributed by atoms with Gasteiger partial charge in [-0.05, 0) is 36.6 Å². The third kappa shape index (κ3) is 2.05. The molecule has 1 aliphatic rings. The first kappa shape index (κ1) is 12.6. The molecule has 0 N–H and O–H groups in total. The average molecular weight is 301 g/mol. The van der Waals surface area contributed by atoms with Crippen molar-refractivity contribution in [1.82, 2.24) is 15.1 Å². The van der Waals surface area contributed by atoms with Crippen molar-refractivity contribution in [3.8, 4) is 0 Å². The summed E-state index contributed by atoms with van der Waals surface area (Å²) in [7, 11) is 0. The minimum absolute atomic E-state index is 0.541. The monoisotopic (exact) mass is 300 g/mol. The van der Waals surface area contributed by atoms with E-state index in [-0.39, 0.29) is 0 Å². The fraction of sp³-hybridized carbons (Fsp3) is 0.267. The summed E-state index contributed by atoms with van der Waals surface area (Å²) in [4.78, 5) is 10.8. The van der Waals surface area contributed by atoms with Crippen LogP contribution in [0.2, 0.25) is 5.02 Å². The maximum atomic E-state index is 6.06. The first-order valence-electron chi connectivity index (χ1n) is 6.81. The van der Waals surface area contributed by atoms with Crippen molar-refractivity contribution < 1.29 is 4.52 Å². The predicted octanol–water partition coefficient (Wildman–Crippen LogP) is 3.14. The molecule has 0 radical (unpaired) electrons. The lowest BCUT2D eigenvalue weighted by Crippen LogP contribution is -2.31. The van der Waals surface area contributed by atoms with Crippen LogP contribution in [0.3, 0.4) is 0 Å². The Morgan fingerprint density at radius 2 is 2.14 bits per heavy atom. The summed E-state index contributed by atoms with van der Waals surface area (Å²) in [5.41, 5.74) is 3.96. The SMILES string of the molecule is Cc1noc2ncnc(N3CCc4cc(Cl)ccc4C3)c12. The van der Waals surface area contributed by atoms with Gasteiger partial charge in [-0.25, -0.2) is 4.98 Å². The number of fused-ring (bicyclic) bond motifs is 2. The molecule has 1 aromatic carbocycles. The molecule has 0 aliphatic carbocycles. The molecule has 1 aliphatic heterocycles. The number of hydrogen-bond acceptors (Lipinski definition) is 5. The van der Waals surface area contributed by atoms with Crippen molar-refractivity contribution >= 4 is 28.5 Å². The third-order valence-electron chi connectivity index (χ3n) is 3.90. The van der Waals surface area contributed by atoms with E-state index in [1.807, 2.05) is 13.0 Å². The molecule has 106 valence electrons. The van der Waals surface area contributed by atoms with Crippen molar-refractivity contribution in [3.63, 3.8) is 0 Å². The second kappa shape index (κ2) is 4.70. The third-order valence-corrected chi connectivity index (χ3v) is 4.14. The molecule has 0 amide bonds. The zero-order chi connectivity index (χ0) is 14.4. The Kier molecular flexibility index (Phi) is 2.82. The Balaban J connectivity index is 1.77. The normalized spacial score (nSPS) is 14.5. The van der Waals surface area contributed by atoms with Crippen LogP contribution in [0.1, 0.15) is 16.8 Å². The number of aromatic nitrogens is 3. The van der Waals surface area contributed by atoms with Gasteiger partial charge in [0.1, 0.15) is 17.5 Å². The lowest BCUT2D eigenvalue weighted by Gasteiger charge is -2.30. The zero-order valence-electron chi connectivity index (χ0n) is 11.5. The maximum Gasteiger partial charge on any atom is 0.263 e. The van der Waals surface area contributed by atoms with Crippen LogP contribution in [-0.2, 0) is 13.0 Å². The highest BCUT2D eigenvalue weighted by Crippen LogP contribution is 2.30. The van der Waals surface area contributed by atoms with Crippen molar-refractivity contribution in [3.05, 3.63) is 46.4 Å². The Morgan fingerprint density at radius 1 is 1.24 bits per heavy atom. The van der Waals surface area contributed by atoms with Crippen LogP contribution < -0.4 is 4.90 Å². The zero-order valence-corrected chi connectivity index (χ0v) is 12.3. The summed E-state index contributed by atoms with van der Waals surface area (Å²) in [5.74, 6) is 0.888. The van der Waals surface area contributed by atoms with E-state index in [0.29, 0.717) is 5.71 Å². The van der Waals surface area contributed by atoms with Crippen LogP contribution in [0.25, 0.3) is 11.1 Å². The van der Waals surface area contributed by atoms with E-state index < -0.39 is 0 Å². The first-order valence-corrected chi connectivity index (χ1v) is 7.19. The van der Waals surface area contributed by atoms with E-state index in [9.17, 15) is 0 Å². The Bertz CT molecular complexity index is 830. The van der Waals surface area contributed by atoms with E-state index in [1.165, 1.54) is 17.5 Å². The Hall–Kier alpha value is -2.14. The molecule has 0 saturated carbocycles. The van der Waals surface area contributed by atoms with E-state index in [2.05, 4.69) is 32.2 Å². The van der Waals surface area contributed by atoms with Gasteiger partial charge in [0.2, 0.25) is 0 Å². The van der Waals surface area contributed by atoms with Gasteiger partial charge in [0.25, 0.3) is 5.71 Å². The van der Waals surface area contributed by atoms with Gasteiger partial charge in [-0.15, -0.1) is 0 Å². The smallest absolute Gasteiger partial charge is 0.263 e. The summed E-state index contributed by atoms with van der Waals surface area (Å²) in [6, 6.07) is 6.07. The molecular weight excluding hydrogens is 288 g/mol. The number of rotatable bonds is 1. The summed E-state index contributed by atoms with van der Waals surface area (Å²) < 4.78 is 5.22. The number of anilines is 1. The van der Waals surface area contributed by atoms with Crippen LogP contribution in [0.15, 0.2) is 29.0 Å². The number of nitrogens with zero attached hydrogens (tertiary/aromatic N) is 4. The van der Waals surface area contributed by atoms with Crippen molar-refractivity contribution in [2.45, 2.75) is 19.9 Å². The number of aryl methyl sites for hydroxylation is 1. The largest absolute Gasteiger partial charge is 0.351 e. The highest BCUT2D eigenvalue weighted by Gasteiger charge is 2.22. The highest BCUT2D eigenvalue weighted by molar-refractivity contribution is 6.30. The molecular formula is C15H13ClN4O. The van der Waals surface area contributed by atoms with Crippen LogP contribution >= 0.6 is 11.6 Å². The van der Waals surface area contributed by atoms with Crippen LogP contribution in [0.4, 0.5) is 5.82 Å².